The largest absolute Gasteiger partial charge is 0.492 e. The number of carbonyl (C=O) groups is 1. The van der Waals surface area contributed by atoms with Crippen molar-refractivity contribution in [2.45, 2.75) is 51.5 Å². The number of nitrogens with one attached hydrogen (secondary N) is 1. The number of nitrogens with zero attached hydrogens (tertiary/aromatic N) is 2. The van der Waals surface area contributed by atoms with Crippen LogP contribution in [-0.2, 0) is 10.0 Å². The Balaban J connectivity index is 1.86. The lowest BCUT2D eigenvalue weighted by Crippen LogP contribution is -2.54. The van der Waals surface area contributed by atoms with Gasteiger partial charge in [0.2, 0.25) is 10.0 Å². The smallest absolute Gasteiger partial charge is 0.317 e. The van der Waals surface area contributed by atoms with Gasteiger partial charge in [-0.2, -0.15) is 4.31 Å². The SMILES string of the molecule is CC(C)CN1CC2(CCN(C(=O)NC(C)C)CC2)COc2ccccc2S1(=O)=O. The maximum Gasteiger partial charge on any atom is 0.317 e. The summed E-state index contributed by atoms with van der Waals surface area (Å²) in [4.78, 5) is 14.4. The van der Waals surface area contributed by atoms with E-state index in [2.05, 4.69) is 5.32 Å². The fraction of sp³-hybridized carbons (Fsp3) is 0.667. The molecule has 1 spiro atoms. The number of hydrogen-bond acceptors (Lipinski definition) is 4. The lowest BCUT2D eigenvalue weighted by Gasteiger charge is -2.45. The minimum absolute atomic E-state index is 0.0568. The molecule has 0 saturated carbocycles. The molecule has 0 aliphatic carbocycles. The third kappa shape index (κ3) is 4.86. The Labute approximate surface area is 174 Å². The number of carbonyl (C=O) groups excluding carboxylic acids is 1. The molecule has 0 radical (unpaired) electrons. The number of rotatable bonds is 3. The number of amides is 2. The molecule has 0 atom stereocenters. The minimum Gasteiger partial charge on any atom is -0.492 e. The number of fused-ring (bicyclic) bond motifs is 1. The molecule has 2 heterocycles. The lowest BCUT2D eigenvalue weighted by molar-refractivity contribution is 0.0435. The highest BCUT2D eigenvalue weighted by atomic mass is 32.2. The standard InChI is InChI=1S/C21H33N3O4S/c1-16(2)13-24-14-21(9-11-23(12-10-21)20(25)22-17(3)4)15-28-18-7-5-6-8-19(18)29(24,26)27/h5-8,16-17H,9-15H2,1-4H3,(H,22,25). The highest BCUT2D eigenvalue weighted by Gasteiger charge is 2.43. The van der Waals surface area contributed by atoms with Crippen LogP contribution in [0.3, 0.4) is 0 Å². The molecule has 29 heavy (non-hydrogen) atoms. The maximum atomic E-state index is 13.4. The van der Waals surface area contributed by atoms with Crippen molar-refractivity contribution >= 4 is 16.1 Å². The third-order valence-corrected chi connectivity index (χ3v) is 7.46. The van der Waals surface area contributed by atoms with E-state index < -0.39 is 10.0 Å². The van der Waals surface area contributed by atoms with Crippen molar-refractivity contribution in [2.75, 3.05) is 32.8 Å². The van der Waals surface area contributed by atoms with Crippen LogP contribution < -0.4 is 10.1 Å². The second-order valence-electron chi connectivity index (χ2n) is 9.02. The average Bonchev–Trinajstić information content (AvgIpc) is 2.65. The Kier molecular flexibility index (Phi) is 6.43. The Morgan fingerprint density at radius 1 is 1.17 bits per heavy atom. The van der Waals surface area contributed by atoms with E-state index in [-0.39, 0.29) is 28.3 Å². The van der Waals surface area contributed by atoms with Gasteiger partial charge in [-0.05, 0) is 44.7 Å². The Morgan fingerprint density at radius 3 is 2.45 bits per heavy atom. The van der Waals surface area contributed by atoms with Crippen LogP contribution >= 0.6 is 0 Å². The number of sulfonamides is 1. The van der Waals surface area contributed by atoms with Gasteiger partial charge < -0.3 is 15.0 Å². The van der Waals surface area contributed by atoms with Crippen molar-refractivity contribution in [3.63, 3.8) is 0 Å². The van der Waals surface area contributed by atoms with Crippen molar-refractivity contribution in [3.8, 4) is 5.75 Å². The number of ether oxygens (including phenoxy) is 1. The third-order valence-electron chi connectivity index (χ3n) is 5.60. The lowest BCUT2D eigenvalue weighted by atomic mass is 9.78. The Hall–Kier alpha value is -1.80. The van der Waals surface area contributed by atoms with E-state index in [1.54, 1.807) is 28.6 Å². The fourth-order valence-corrected chi connectivity index (χ4v) is 5.90. The predicted octanol–water partition coefficient (Wildman–Crippen LogP) is 2.93. The van der Waals surface area contributed by atoms with Crippen LogP contribution in [0.1, 0.15) is 40.5 Å². The predicted molar refractivity (Wildman–Crippen MR) is 112 cm³/mol. The van der Waals surface area contributed by atoms with E-state index in [4.69, 9.17) is 4.74 Å². The molecular weight excluding hydrogens is 390 g/mol. The number of likely N-dealkylation sites (tertiary alicyclic amines) is 1. The molecule has 0 unspecified atom stereocenters. The normalized spacial score (nSPS) is 21.4. The monoisotopic (exact) mass is 423 g/mol. The summed E-state index contributed by atoms with van der Waals surface area (Å²) in [6, 6.07) is 6.91. The molecule has 1 aromatic carbocycles. The Morgan fingerprint density at radius 2 is 1.83 bits per heavy atom. The fourth-order valence-electron chi connectivity index (χ4n) is 4.05. The summed E-state index contributed by atoms with van der Waals surface area (Å²) in [6.07, 6.45) is 1.43. The van der Waals surface area contributed by atoms with Crippen LogP contribution in [0.2, 0.25) is 0 Å². The van der Waals surface area contributed by atoms with Gasteiger partial charge >= 0.3 is 6.03 Å². The minimum atomic E-state index is -3.64. The zero-order valence-electron chi connectivity index (χ0n) is 17.8. The van der Waals surface area contributed by atoms with Crippen LogP contribution in [0.25, 0.3) is 0 Å². The van der Waals surface area contributed by atoms with Gasteiger partial charge in [0.15, 0.2) is 0 Å². The summed E-state index contributed by atoms with van der Waals surface area (Å²) in [5.41, 5.74) is -0.301. The van der Waals surface area contributed by atoms with E-state index in [0.29, 0.717) is 51.4 Å². The summed E-state index contributed by atoms with van der Waals surface area (Å²) in [6.45, 7) is 10.5. The molecule has 7 nitrogen and oxygen atoms in total. The van der Waals surface area contributed by atoms with Crippen molar-refractivity contribution in [3.05, 3.63) is 24.3 Å². The Bertz CT molecular complexity index is 830. The molecule has 2 aliphatic heterocycles. The van der Waals surface area contributed by atoms with Gasteiger partial charge in [-0.25, -0.2) is 13.2 Å². The summed E-state index contributed by atoms with van der Waals surface area (Å²) in [7, 11) is -3.64. The molecule has 162 valence electrons. The van der Waals surface area contributed by atoms with Crippen LogP contribution in [0, 0.1) is 11.3 Å². The molecule has 0 bridgehead atoms. The molecule has 0 aromatic heterocycles. The molecule has 1 fully saturated rings. The second kappa shape index (κ2) is 8.52. The molecule has 3 rings (SSSR count). The topological polar surface area (TPSA) is 79.0 Å². The van der Waals surface area contributed by atoms with Crippen LogP contribution in [-0.4, -0.2) is 62.5 Å². The molecule has 1 N–H and O–H groups in total. The first-order valence-electron chi connectivity index (χ1n) is 10.4. The van der Waals surface area contributed by atoms with Crippen molar-refractivity contribution in [2.24, 2.45) is 11.3 Å². The van der Waals surface area contributed by atoms with Crippen molar-refractivity contribution in [1.82, 2.24) is 14.5 Å². The first kappa shape index (κ1) is 21.9. The first-order chi connectivity index (χ1) is 13.6. The van der Waals surface area contributed by atoms with Crippen LogP contribution in [0.4, 0.5) is 4.79 Å². The molecule has 1 saturated heterocycles. The molecular formula is C21H33N3O4S. The molecule has 2 aliphatic rings. The number of para-hydroxylation sites is 1. The molecule has 2 amide bonds. The van der Waals surface area contributed by atoms with Crippen molar-refractivity contribution < 1.29 is 17.9 Å². The first-order valence-corrected chi connectivity index (χ1v) is 11.8. The number of urea groups is 1. The number of hydrogen-bond donors (Lipinski definition) is 1. The van der Waals surface area contributed by atoms with Crippen LogP contribution in [0.15, 0.2) is 29.2 Å². The zero-order valence-corrected chi connectivity index (χ0v) is 18.7. The quantitative estimate of drug-likeness (QED) is 0.811. The average molecular weight is 424 g/mol. The van der Waals surface area contributed by atoms with Gasteiger partial charge in [0.1, 0.15) is 10.6 Å². The van der Waals surface area contributed by atoms with Gasteiger partial charge in [0.25, 0.3) is 0 Å². The molecule has 8 heteroatoms. The van der Waals surface area contributed by atoms with Gasteiger partial charge in [-0.1, -0.05) is 26.0 Å². The van der Waals surface area contributed by atoms with E-state index in [0.717, 1.165) is 0 Å². The number of benzene rings is 1. The van der Waals surface area contributed by atoms with Gasteiger partial charge in [-0.3, -0.25) is 0 Å². The zero-order chi connectivity index (χ0) is 21.2. The summed E-state index contributed by atoms with van der Waals surface area (Å²) >= 11 is 0. The summed E-state index contributed by atoms with van der Waals surface area (Å²) < 4.78 is 34.5. The van der Waals surface area contributed by atoms with E-state index in [9.17, 15) is 13.2 Å². The summed E-state index contributed by atoms with van der Waals surface area (Å²) in [5.74, 6) is 0.631. The highest BCUT2D eigenvalue weighted by Crippen LogP contribution is 2.39. The van der Waals surface area contributed by atoms with Gasteiger partial charge in [0, 0.05) is 37.6 Å². The maximum absolute atomic E-state index is 13.4. The highest BCUT2D eigenvalue weighted by molar-refractivity contribution is 7.89. The van der Waals surface area contributed by atoms with Crippen LogP contribution in [0.5, 0.6) is 5.75 Å². The van der Waals surface area contributed by atoms with E-state index in [1.807, 2.05) is 32.6 Å². The summed E-state index contributed by atoms with van der Waals surface area (Å²) in [5, 5.41) is 2.94. The number of piperidine rings is 1. The second-order valence-corrected chi connectivity index (χ2v) is 10.9. The van der Waals surface area contributed by atoms with E-state index in [1.165, 1.54) is 0 Å². The molecule has 1 aromatic rings. The van der Waals surface area contributed by atoms with Crippen molar-refractivity contribution in [1.29, 1.82) is 0 Å². The van der Waals surface area contributed by atoms with Gasteiger partial charge in [-0.15, -0.1) is 0 Å². The van der Waals surface area contributed by atoms with Gasteiger partial charge in [0.05, 0.1) is 6.61 Å². The van der Waals surface area contributed by atoms with E-state index >= 15 is 0 Å².